The summed E-state index contributed by atoms with van der Waals surface area (Å²) in [5, 5.41) is 2.78. The molecule has 178 valence electrons. The smallest absolute Gasteiger partial charge is 0.180 e. The molecule has 0 aromatic heterocycles. The van der Waals surface area contributed by atoms with Crippen molar-refractivity contribution in [1.82, 2.24) is 0 Å². The van der Waals surface area contributed by atoms with Crippen molar-refractivity contribution in [2.45, 2.75) is 6.61 Å². The normalized spacial score (nSPS) is 11.1. The molecule has 0 aliphatic carbocycles. The van der Waals surface area contributed by atoms with Crippen molar-refractivity contribution in [3.8, 4) is 23.0 Å². The third kappa shape index (κ3) is 5.51. The summed E-state index contributed by atoms with van der Waals surface area (Å²) < 4.78 is 17.5. The molecule has 0 unspecified atom stereocenters. The van der Waals surface area contributed by atoms with Crippen LogP contribution in [0.2, 0.25) is 5.02 Å². The predicted octanol–water partition coefficient (Wildman–Crippen LogP) is 8.62. The van der Waals surface area contributed by atoms with Crippen molar-refractivity contribution >= 4 is 34.3 Å². The summed E-state index contributed by atoms with van der Waals surface area (Å²) in [7, 11) is 1.60. The highest BCUT2D eigenvalue weighted by atomic mass is 35.5. The van der Waals surface area contributed by atoms with Gasteiger partial charge >= 0.3 is 0 Å². The molecule has 0 aliphatic heterocycles. The van der Waals surface area contributed by atoms with Crippen molar-refractivity contribution in [3.63, 3.8) is 0 Å². The van der Waals surface area contributed by atoms with Gasteiger partial charge < -0.3 is 14.2 Å². The van der Waals surface area contributed by atoms with Gasteiger partial charge in [-0.2, -0.15) is 0 Å². The fraction of sp³-hybridized carbons (Fsp3) is 0.0645. The van der Waals surface area contributed by atoms with Crippen molar-refractivity contribution < 1.29 is 14.2 Å². The number of fused-ring (bicyclic) bond motifs is 1. The lowest BCUT2D eigenvalue weighted by Gasteiger charge is -2.14. The molecule has 5 aromatic carbocycles. The first-order chi connectivity index (χ1) is 17.7. The molecule has 0 N–H and O–H groups in total. The van der Waals surface area contributed by atoms with Crippen LogP contribution in [-0.2, 0) is 6.61 Å². The SMILES string of the molecule is COc1cc(C=Nc2ccc(Oc3ccccc3)cc2)cc(Cl)c1OCc1cccc2ccccc12. The molecule has 0 spiro atoms. The van der Waals surface area contributed by atoms with E-state index in [0.717, 1.165) is 33.7 Å². The van der Waals surface area contributed by atoms with Gasteiger partial charge in [0.05, 0.1) is 17.8 Å². The van der Waals surface area contributed by atoms with E-state index in [2.05, 4.69) is 29.3 Å². The summed E-state index contributed by atoms with van der Waals surface area (Å²) in [6, 6.07) is 35.3. The van der Waals surface area contributed by atoms with Crippen LogP contribution in [0.4, 0.5) is 5.69 Å². The fourth-order valence-corrected chi connectivity index (χ4v) is 4.17. The molecule has 0 amide bonds. The van der Waals surface area contributed by atoms with E-state index in [-0.39, 0.29) is 0 Å². The molecule has 0 bridgehead atoms. The highest BCUT2D eigenvalue weighted by molar-refractivity contribution is 6.32. The number of hydrogen-bond acceptors (Lipinski definition) is 4. The maximum Gasteiger partial charge on any atom is 0.180 e. The van der Waals surface area contributed by atoms with Crippen LogP contribution in [0.15, 0.2) is 114 Å². The van der Waals surface area contributed by atoms with Crippen LogP contribution in [0.25, 0.3) is 10.8 Å². The van der Waals surface area contributed by atoms with Crippen LogP contribution in [-0.4, -0.2) is 13.3 Å². The molecule has 5 aromatic rings. The molecule has 0 aliphatic rings. The summed E-state index contributed by atoms with van der Waals surface area (Å²) in [5.74, 6) is 2.60. The predicted molar refractivity (Wildman–Crippen MR) is 146 cm³/mol. The number of methoxy groups -OCH3 is 1. The lowest BCUT2D eigenvalue weighted by molar-refractivity contribution is 0.286. The zero-order valence-electron chi connectivity index (χ0n) is 19.7. The van der Waals surface area contributed by atoms with Crippen LogP contribution < -0.4 is 14.2 Å². The number of rotatable bonds is 8. The van der Waals surface area contributed by atoms with E-state index in [1.165, 1.54) is 5.39 Å². The zero-order chi connectivity index (χ0) is 24.7. The molecule has 36 heavy (non-hydrogen) atoms. The average molecular weight is 494 g/mol. The highest BCUT2D eigenvalue weighted by Gasteiger charge is 2.13. The number of nitrogens with zero attached hydrogens (tertiary/aromatic N) is 1. The van der Waals surface area contributed by atoms with Crippen LogP contribution in [0.1, 0.15) is 11.1 Å². The third-order valence-corrected chi connectivity index (χ3v) is 5.96. The number of hydrogen-bond donors (Lipinski definition) is 0. The van der Waals surface area contributed by atoms with E-state index in [4.69, 9.17) is 25.8 Å². The van der Waals surface area contributed by atoms with E-state index < -0.39 is 0 Å². The van der Waals surface area contributed by atoms with E-state index in [1.807, 2.05) is 84.9 Å². The Labute approximate surface area is 215 Å². The number of para-hydroxylation sites is 1. The van der Waals surface area contributed by atoms with Crippen molar-refractivity contribution in [1.29, 1.82) is 0 Å². The van der Waals surface area contributed by atoms with E-state index in [0.29, 0.717) is 23.1 Å². The zero-order valence-corrected chi connectivity index (χ0v) is 20.5. The molecular formula is C31H24ClNO3. The van der Waals surface area contributed by atoms with Gasteiger partial charge in [-0.3, -0.25) is 4.99 Å². The summed E-state index contributed by atoms with van der Waals surface area (Å²) in [5.41, 5.74) is 2.68. The van der Waals surface area contributed by atoms with E-state index in [9.17, 15) is 0 Å². The van der Waals surface area contributed by atoms with Crippen LogP contribution in [0.5, 0.6) is 23.0 Å². The Bertz CT molecular complexity index is 1490. The minimum atomic E-state index is 0.377. The molecule has 5 rings (SSSR count). The first-order valence-electron chi connectivity index (χ1n) is 11.5. The fourth-order valence-electron chi connectivity index (χ4n) is 3.90. The minimum Gasteiger partial charge on any atom is -0.493 e. The van der Waals surface area contributed by atoms with Crippen LogP contribution in [0.3, 0.4) is 0 Å². The van der Waals surface area contributed by atoms with Gasteiger partial charge in [-0.1, -0.05) is 72.3 Å². The Morgan fingerprint density at radius 1 is 0.778 bits per heavy atom. The van der Waals surface area contributed by atoms with Gasteiger partial charge in [0.1, 0.15) is 18.1 Å². The molecule has 0 saturated heterocycles. The second-order valence-electron chi connectivity index (χ2n) is 8.13. The van der Waals surface area contributed by atoms with Crippen molar-refractivity contribution in [2.24, 2.45) is 4.99 Å². The molecule has 4 nitrogen and oxygen atoms in total. The lowest BCUT2D eigenvalue weighted by Crippen LogP contribution is -2.00. The topological polar surface area (TPSA) is 40.0 Å². The van der Waals surface area contributed by atoms with Gasteiger partial charge in [0, 0.05) is 6.21 Å². The summed E-state index contributed by atoms with van der Waals surface area (Å²) in [4.78, 5) is 4.56. The van der Waals surface area contributed by atoms with Gasteiger partial charge in [0.25, 0.3) is 0 Å². The van der Waals surface area contributed by atoms with E-state index in [1.54, 1.807) is 13.3 Å². The number of benzene rings is 5. The van der Waals surface area contributed by atoms with Crippen molar-refractivity contribution in [3.05, 3.63) is 125 Å². The lowest BCUT2D eigenvalue weighted by atomic mass is 10.1. The molecule has 0 heterocycles. The molecule has 0 saturated carbocycles. The number of aliphatic imine (C=N–C) groups is 1. The van der Waals surface area contributed by atoms with Gasteiger partial charge in [0.15, 0.2) is 11.5 Å². The van der Waals surface area contributed by atoms with Gasteiger partial charge in [-0.25, -0.2) is 0 Å². The van der Waals surface area contributed by atoms with Crippen LogP contribution in [0, 0.1) is 0 Å². The second kappa shape index (κ2) is 11.0. The Morgan fingerprint density at radius 3 is 2.31 bits per heavy atom. The molecule has 0 atom stereocenters. The van der Waals surface area contributed by atoms with Gasteiger partial charge in [-0.15, -0.1) is 0 Å². The quantitative estimate of drug-likeness (QED) is 0.203. The molecule has 5 heteroatoms. The van der Waals surface area contributed by atoms with Crippen molar-refractivity contribution in [2.75, 3.05) is 7.11 Å². The van der Waals surface area contributed by atoms with E-state index >= 15 is 0 Å². The van der Waals surface area contributed by atoms with Crippen LogP contribution >= 0.6 is 11.6 Å². The Balaban J connectivity index is 1.29. The third-order valence-electron chi connectivity index (χ3n) is 5.68. The minimum absolute atomic E-state index is 0.377. The molecular weight excluding hydrogens is 470 g/mol. The van der Waals surface area contributed by atoms with Gasteiger partial charge in [-0.05, 0) is 70.4 Å². The molecule has 0 radical (unpaired) electrons. The van der Waals surface area contributed by atoms with Gasteiger partial charge in [0.2, 0.25) is 0 Å². The molecule has 0 fully saturated rings. The maximum absolute atomic E-state index is 6.59. The number of ether oxygens (including phenoxy) is 3. The standard InChI is InChI=1S/C31H24ClNO3/c1-34-30-19-22(20-33-25-14-16-27(17-15-25)36-26-11-3-2-4-12-26)18-29(32)31(30)35-21-24-10-7-9-23-8-5-6-13-28(23)24/h2-20H,21H2,1H3. The Morgan fingerprint density at radius 2 is 1.50 bits per heavy atom. The highest BCUT2D eigenvalue weighted by Crippen LogP contribution is 2.37. The summed E-state index contributed by atoms with van der Waals surface area (Å²) in [6.07, 6.45) is 1.75. The first-order valence-corrected chi connectivity index (χ1v) is 11.9. The largest absolute Gasteiger partial charge is 0.493 e. The maximum atomic E-state index is 6.59. The average Bonchev–Trinajstić information content (AvgIpc) is 2.92. The number of halogens is 1. The first kappa shape index (κ1) is 23.5. The Kier molecular flexibility index (Phi) is 7.15. The Hall–Kier alpha value is -4.28. The summed E-state index contributed by atoms with van der Waals surface area (Å²) in [6.45, 7) is 0.377. The monoisotopic (exact) mass is 493 g/mol. The summed E-state index contributed by atoms with van der Waals surface area (Å²) >= 11 is 6.59. The second-order valence-corrected chi connectivity index (χ2v) is 8.54.